The fraction of sp³-hybridized carbons (Fsp3) is 0.400. The first-order valence-electron chi connectivity index (χ1n) is 8.42. The Labute approximate surface area is 144 Å². The standard InChI is InChI=1S/C20H27N3O/c1-15-6-5-13-21-19(15)14-16(2)22-20(24)12-9-17-7-10-18(11-8-17)23(3)4/h5-8,10-11,13,16H,9,12,14H2,1-4H3,(H,22,24)/t16-/m0/s1. The molecule has 128 valence electrons. The molecule has 0 aliphatic heterocycles. The summed E-state index contributed by atoms with van der Waals surface area (Å²) in [5, 5.41) is 3.07. The van der Waals surface area contributed by atoms with Crippen LogP contribution in [0.3, 0.4) is 0 Å². The summed E-state index contributed by atoms with van der Waals surface area (Å²) >= 11 is 0. The molecule has 2 aromatic rings. The van der Waals surface area contributed by atoms with Crippen LogP contribution in [0.2, 0.25) is 0 Å². The number of aromatic nitrogens is 1. The first kappa shape index (κ1) is 18.0. The van der Waals surface area contributed by atoms with Crippen LogP contribution in [0.1, 0.15) is 30.2 Å². The molecule has 0 radical (unpaired) electrons. The molecule has 0 saturated heterocycles. The highest BCUT2D eigenvalue weighted by Gasteiger charge is 2.10. The third kappa shape index (κ3) is 5.37. The van der Waals surface area contributed by atoms with Gasteiger partial charge in [-0.3, -0.25) is 9.78 Å². The van der Waals surface area contributed by atoms with E-state index in [9.17, 15) is 4.79 Å². The van der Waals surface area contributed by atoms with E-state index in [4.69, 9.17) is 0 Å². The van der Waals surface area contributed by atoms with Crippen molar-refractivity contribution in [3.05, 3.63) is 59.4 Å². The lowest BCUT2D eigenvalue weighted by Gasteiger charge is -2.15. The van der Waals surface area contributed by atoms with E-state index >= 15 is 0 Å². The van der Waals surface area contributed by atoms with Crippen LogP contribution in [0.5, 0.6) is 0 Å². The van der Waals surface area contributed by atoms with Crippen LogP contribution in [0.25, 0.3) is 0 Å². The van der Waals surface area contributed by atoms with E-state index < -0.39 is 0 Å². The number of benzene rings is 1. The molecular weight excluding hydrogens is 298 g/mol. The maximum Gasteiger partial charge on any atom is 0.220 e. The Morgan fingerprint density at radius 2 is 1.92 bits per heavy atom. The smallest absolute Gasteiger partial charge is 0.220 e. The van der Waals surface area contributed by atoms with Crippen molar-refractivity contribution in [1.29, 1.82) is 0 Å². The van der Waals surface area contributed by atoms with Crippen molar-refractivity contribution in [3.63, 3.8) is 0 Å². The van der Waals surface area contributed by atoms with Gasteiger partial charge in [0.15, 0.2) is 0 Å². The first-order chi connectivity index (χ1) is 11.5. The summed E-state index contributed by atoms with van der Waals surface area (Å²) in [4.78, 5) is 18.6. The molecule has 1 aromatic heterocycles. The predicted octanol–water partition coefficient (Wildman–Crippen LogP) is 3.14. The van der Waals surface area contributed by atoms with E-state index in [1.165, 1.54) is 16.8 Å². The lowest BCUT2D eigenvalue weighted by Crippen LogP contribution is -2.34. The van der Waals surface area contributed by atoms with Gasteiger partial charge in [-0.15, -0.1) is 0 Å². The first-order valence-corrected chi connectivity index (χ1v) is 8.42. The molecule has 1 aromatic carbocycles. The summed E-state index contributed by atoms with van der Waals surface area (Å²) < 4.78 is 0. The number of hydrogen-bond donors (Lipinski definition) is 1. The molecule has 2 rings (SSSR count). The summed E-state index contributed by atoms with van der Waals surface area (Å²) in [6, 6.07) is 12.4. The topological polar surface area (TPSA) is 45.2 Å². The maximum atomic E-state index is 12.1. The van der Waals surface area contributed by atoms with Crippen molar-refractivity contribution >= 4 is 11.6 Å². The summed E-state index contributed by atoms with van der Waals surface area (Å²) in [6.07, 6.45) is 3.83. The fourth-order valence-electron chi connectivity index (χ4n) is 2.64. The fourth-order valence-corrected chi connectivity index (χ4v) is 2.64. The molecule has 1 N–H and O–H groups in total. The Bertz CT molecular complexity index is 665. The van der Waals surface area contributed by atoms with Crippen LogP contribution in [-0.4, -0.2) is 31.0 Å². The van der Waals surface area contributed by atoms with Crippen LogP contribution in [0, 0.1) is 6.92 Å². The molecule has 0 spiro atoms. The molecular formula is C20H27N3O. The normalized spacial score (nSPS) is 11.8. The van der Waals surface area contributed by atoms with E-state index in [2.05, 4.69) is 39.5 Å². The van der Waals surface area contributed by atoms with Gasteiger partial charge in [-0.2, -0.15) is 0 Å². The second-order valence-electron chi connectivity index (χ2n) is 6.50. The number of pyridine rings is 1. The molecule has 1 atom stereocenters. The van der Waals surface area contributed by atoms with E-state index in [1.54, 1.807) is 6.20 Å². The van der Waals surface area contributed by atoms with Crippen molar-refractivity contribution in [2.75, 3.05) is 19.0 Å². The minimum absolute atomic E-state index is 0.0854. The summed E-state index contributed by atoms with van der Waals surface area (Å²) in [7, 11) is 4.04. The van der Waals surface area contributed by atoms with E-state index in [-0.39, 0.29) is 11.9 Å². The van der Waals surface area contributed by atoms with Gasteiger partial charge in [0.25, 0.3) is 0 Å². The molecule has 24 heavy (non-hydrogen) atoms. The summed E-state index contributed by atoms with van der Waals surface area (Å²) in [6.45, 7) is 4.08. The van der Waals surface area contributed by atoms with Crippen LogP contribution in [0.4, 0.5) is 5.69 Å². The van der Waals surface area contributed by atoms with Crippen LogP contribution in [0.15, 0.2) is 42.6 Å². The zero-order valence-electron chi connectivity index (χ0n) is 15.0. The van der Waals surface area contributed by atoms with E-state index in [1.807, 2.05) is 40.1 Å². The van der Waals surface area contributed by atoms with Gasteiger partial charge in [0.05, 0.1) is 0 Å². The van der Waals surface area contributed by atoms with Gasteiger partial charge in [0.2, 0.25) is 5.91 Å². The molecule has 1 heterocycles. The molecule has 0 fully saturated rings. The average Bonchev–Trinajstić information content (AvgIpc) is 2.55. The van der Waals surface area contributed by atoms with Gasteiger partial charge in [-0.25, -0.2) is 0 Å². The maximum absolute atomic E-state index is 12.1. The van der Waals surface area contributed by atoms with Crippen molar-refractivity contribution in [2.45, 2.75) is 39.2 Å². The monoisotopic (exact) mass is 325 g/mol. The molecule has 0 bridgehead atoms. The Morgan fingerprint density at radius 3 is 2.54 bits per heavy atom. The highest BCUT2D eigenvalue weighted by Crippen LogP contribution is 2.13. The molecule has 0 aliphatic rings. The number of anilines is 1. The number of hydrogen-bond acceptors (Lipinski definition) is 3. The Kier molecular flexibility index (Phi) is 6.36. The zero-order valence-corrected chi connectivity index (χ0v) is 15.0. The van der Waals surface area contributed by atoms with Gasteiger partial charge in [0, 0.05) is 50.6 Å². The summed E-state index contributed by atoms with van der Waals surface area (Å²) in [5.74, 6) is 0.0905. The molecule has 4 heteroatoms. The van der Waals surface area contributed by atoms with Gasteiger partial charge < -0.3 is 10.2 Å². The molecule has 1 amide bonds. The van der Waals surface area contributed by atoms with Crippen molar-refractivity contribution in [3.8, 4) is 0 Å². The predicted molar refractivity (Wildman–Crippen MR) is 99.4 cm³/mol. The number of aryl methyl sites for hydroxylation is 2. The van der Waals surface area contributed by atoms with Crippen LogP contribution >= 0.6 is 0 Å². The molecule has 0 aliphatic carbocycles. The third-order valence-electron chi connectivity index (χ3n) is 4.12. The van der Waals surface area contributed by atoms with Crippen molar-refractivity contribution in [1.82, 2.24) is 10.3 Å². The van der Waals surface area contributed by atoms with Crippen molar-refractivity contribution in [2.24, 2.45) is 0 Å². The minimum Gasteiger partial charge on any atom is -0.378 e. The van der Waals surface area contributed by atoms with Gasteiger partial charge >= 0.3 is 0 Å². The number of carbonyl (C=O) groups is 1. The average molecular weight is 325 g/mol. The lowest BCUT2D eigenvalue weighted by atomic mass is 10.1. The number of nitrogens with one attached hydrogen (secondary N) is 1. The number of rotatable bonds is 7. The van der Waals surface area contributed by atoms with E-state index in [0.717, 1.165) is 18.5 Å². The second-order valence-corrected chi connectivity index (χ2v) is 6.50. The zero-order chi connectivity index (χ0) is 17.5. The third-order valence-corrected chi connectivity index (χ3v) is 4.12. The Balaban J connectivity index is 1.79. The van der Waals surface area contributed by atoms with E-state index in [0.29, 0.717) is 6.42 Å². The summed E-state index contributed by atoms with van der Waals surface area (Å²) in [5.41, 5.74) is 4.57. The quantitative estimate of drug-likeness (QED) is 0.850. The molecule has 4 nitrogen and oxygen atoms in total. The van der Waals surface area contributed by atoms with Crippen molar-refractivity contribution < 1.29 is 4.79 Å². The number of nitrogens with zero attached hydrogens (tertiary/aromatic N) is 2. The van der Waals surface area contributed by atoms with Gasteiger partial charge in [-0.1, -0.05) is 18.2 Å². The Morgan fingerprint density at radius 1 is 1.21 bits per heavy atom. The Hall–Kier alpha value is -2.36. The molecule has 0 saturated carbocycles. The SMILES string of the molecule is Cc1cccnc1C[C@H](C)NC(=O)CCc1ccc(N(C)C)cc1. The second kappa shape index (κ2) is 8.48. The molecule has 0 unspecified atom stereocenters. The largest absolute Gasteiger partial charge is 0.378 e. The highest BCUT2D eigenvalue weighted by atomic mass is 16.1. The minimum atomic E-state index is 0.0854. The van der Waals surface area contributed by atoms with Gasteiger partial charge in [-0.05, 0) is 49.6 Å². The van der Waals surface area contributed by atoms with Crippen LogP contribution < -0.4 is 10.2 Å². The lowest BCUT2D eigenvalue weighted by molar-refractivity contribution is -0.121. The van der Waals surface area contributed by atoms with Crippen LogP contribution in [-0.2, 0) is 17.6 Å². The van der Waals surface area contributed by atoms with Gasteiger partial charge in [0.1, 0.15) is 0 Å². The highest BCUT2D eigenvalue weighted by molar-refractivity contribution is 5.76. The number of carbonyl (C=O) groups excluding carboxylic acids is 1. The number of amides is 1.